The SMILES string of the molecule is NC(N)=NCC(CC(=O)O)C(=O)O. The van der Waals surface area contributed by atoms with E-state index >= 15 is 0 Å². The van der Waals surface area contributed by atoms with Crippen LogP contribution in [0.1, 0.15) is 6.42 Å². The minimum absolute atomic E-state index is 0.218. The molecule has 0 rings (SSSR count). The van der Waals surface area contributed by atoms with E-state index in [1.165, 1.54) is 0 Å². The van der Waals surface area contributed by atoms with Crippen molar-refractivity contribution in [3.8, 4) is 0 Å². The second kappa shape index (κ2) is 4.96. The average Bonchev–Trinajstić information content (AvgIpc) is 1.96. The molecule has 0 bridgehead atoms. The summed E-state index contributed by atoms with van der Waals surface area (Å²) in [6.45, 7) is -0.218. The van der Waals surface area contributed by atoms with E-state index < -0.39 is 24.3 Å². The lowest BCUT2D eigenvalue weighted by Crippen LogP contribution is -2.26. The molecule has 0 radical (unpaired) electrons. The smallest absolute Gasteiger partial charge is 0.308 e. The van der Waals surface area contributed by atoms with Gasteiger partial charge in [-0.05, 0) is 0 Å². The molecule has 1 atom stereocenters. The molecular formula is C6H11N3O4. The second-order valence-corrected chi connectivity index (χ2v) is 2.40. The van der Waals surface area contributed by atoms with Crippen molar-refractivity contribution >= 4 is 17.9 Å². The van der Waals surface area contributed by atoms with E-state index in [4.69, 9.17) is 21.7 Å². The highest BCUT2D eigenvalue weighted by Gasteiger charge is 2.20. The standard InChI is InChI=1S/C6H11N3O4/c7-6(8)9-2-3(5(12)13)1-4(10)11/h3H,1-2H2,(H,10,11)(H,12,13)(H4,7,8,9). The number of carbonyl (C=O) groups is 2. The summed E-state index contributed by atoms with van der Waals surface area (Å²) in [4.78, 5) is 24.0. The van der Waals surface area contributed by atoms with Crippen LogP contribution in [0, 0.1) is 5.92 Å². The molecule has 0 heterocycles. The average molecular weight is 189 g/mol. The lowest BCUT2D eigenvalue weighted by atomic mass is 10.1. The summed E-state index contributed by atoms with van der Waals surface area (Å²) in [5.74, 6) is -3.76. The largest absolute Gasteiger partial charge is 0.481 e. The zero-order valence-corrected chi connectivity index (χ0v) is 6.80. The van der Waals surface area contributed by atoms with Gasteiger partial charge in [0.05, 0.1) is 18.9 Å². The Labute approximate surface area is 74.1 Å². The van der Waals surface area contributed by atoms with E-state index in [-0.39, 0.29) is 12.5 Å². The van der Waals surface area contributed by atoms with E-state index in [9.17, 15) is 9.59 Å². The third-order valence-electron chi connectivity index (χ3n) is 1.26. The van der Waals surface area contributed by atoms with Gasteiger partial charge in [0.1, 0.15) is 0 Å². The molecule has 1 unspecified atom stereocenters. The van der Waals surface area contributed by atoms with Crippen LogP contribution in [0.5, 0.6) is 0 Å². The normalized spacial score (nSPS) is 11.7. The lowest BCUT2D eigenvalue weighted by Gasteiger charge is -2.05. The molecule has 0 spiro atoms. The van der Waals surface area contributed by atoms with Crippen molar-refractivity contribution in [1.29, 1.82) is 0 Å². The number of hydrogen-bond acceptors (Lipinski definition) is 3. The maximum Gasteiger partial charge on any atom is 0.308 e. The molecule has 7 heteroatoms. The Bertz CT molecular complexity index is 234. The van der Waals surface area contributed by atoms with Gasteiger partial charge in [0.15, 0.2) is 5.96 Å². The zero-order valence-electron chi connectivity index (χ0n) is 6.80. The van der Waals surface area contributed by atoms with Gasteiger partial charge in [-0.15, -0.1) is 0 Å². The van der Waals surface area contributed by atoms with Crippen LogP contribution >= 0.6 is 0 Å². The third-order valence-corrected chi connectivity index (χ3v) is 1.26. The van der Waals surface area contributed by atoms with Gasteiger partial charge in [-0.3, -0.25) is 14.6 Å². The van der Waals surface area contributed by atoms with Crippen molar-refractivity contribution in [2.75, 3.05) is 6.54 Å². The molecule has 13 heavy (non-hydrogen) atoms. The third kappa shape index (κ3) is 5.48. The number of aliphatic carboxylic acids is 2. The van der Waals surface area contributed by atoms with Crippen LogP contribution in [0.4, 0.5) is 0 Å². The van der Waals surface area contributed by atoms with Crippen molar-refractivity contribution in [3.05, 3.63) is 0 Å². The van der Waals surface area contributed by atoms with Crippen LogP contribution in [0.15, 0.2) is 4.99 Å². The molecule has 0 aromatic heterocycles. The van der Waals surface area contributed by atoms with Gasteiger partial charge in [-0.2, -0.15) is 0 Å². The Hall–Kier alpha value is -1.79. The van der Waals surface area contributed by atoms with Crippen LogP contribution in [0.25, 0.3) is 0 Å². The maximum atomic E-state index is 10.4. The van der Waals surface area contributed by atoms with Crippen molar-refractivity contribution < 1.29 is 19.8 Å². The van der Waals surface area contributed by atoms with E-state index in [1.807, 2.05) is 0 Å². The van der Waals surface area contributed by atoms with E-state index in [0.717, 1.165) is 0 Å². The van der Waals surface area contributed by atoms with Crippen molar-refractivity contribution in [2.45, 2.75) is 6.42 Å². The first-order valence-electron chi connectivity index (χ1n) is 3.43. The van der Waals surface area contributed by atoms with Gasteiger partial charge < -0.3 is 21.7 Å². The second-order valence-electron chi connectivity index (χ2n) is 2.40. The molecule has 0 aromatic rings. The topological polar surface area (TPSA) is 139 Å². The Balaban J connectivity index is 4.19. The maximum absolute atomic E-state index is 10.4. The van der Waals surface area contributed by atoms with Gasteiger partial charge in [-0.1, -0.05) is 0 Å². The predicted molar refractivity (Wildman–Crippen MR) is 44.1 cm³/mol. The van der Waals surface area contributed by atoms with Crippen LogP contribution in [0.2, 0.25) is 0 Å². The number of aliphatic imine (C=N–C) groups is 1. The molecule has 74 valence electrons. The Morgan fingerprint density at radius 2 is 1.85 bits per heavy atom. The first-order valence-corrected chi connectivity index (χ1v) is 3.43. The minimum atomic E-state index is -1.23. The summed E-state index contributed by atoms with van der Waals surface area (Å²) in [5.41, 5.74) is 9.92. The molecule has 0 amide bonds. The summed E-state index contributed by atoms with van der Waals surface area (Å²) in [6.07, 6.45) is -0.494. The number of guanidine groups is 1. The number of carboxylic acids is 2. The molecule has 0 aliphatic heterocycles. The summed E-state index contributed by atoms with van der Waals surface area (Å²) in [6, 6.07) is 0. The van der Waals surface area contributed by atoms with E-state index in [0.29, 0.717) is 0 Å². The zero-order chi connectivity index (χ0) is 10.4. The number of carboxylic acid groups (broad SMARTS) is 2. The molecule has 0 aromatic carbocycles. The lowest BCUT2D eigenvalue weighted by molar-refractivity contribution is -0.147. The number of rotatable bonds is 5. The van der Waals surface area contributed by atoms with E-state index in [1.54, 1.807) is 0 Å². The van der Waals surface area contributed by atoms with Crippen LogP contribution < -0.4 is 11.5 Å². The minimum Gasteiger partial charge on any atom is -0.481 e. The van der Waals surface area contributed by atoms with Crippen molar-refractivity contribution in [1.82, 2.24) is 0 Å². The first kappa shape index (κ1) is 11.2. The van der Waals surface area contributed by atoms with Crippen LogP contribution in [0.3, 0.4) is 0 Å². The Kier molecular flexibility index (Phi) is 4.28. The molecule has 0 aliphatic rings. The summed E-state index contributed by atoms with van der Waals surface area (Å²) >= 11 is 0. The van der Waals surface area contributed by atoms with Gasteiger partial charge >= 0.3 is 11.9 Å². The first-order chi connectivity index (χ1) is 5.93. The molecule has 6 N–H and O–H groups in total. The van der Waals surface area contributed by atoms with Crippen LogP contribution in [-0.4, -0.2) is 34.7 Å². The number of nitrogens with two attached hydrogens (primary N) is 2. The summed E-state index contributed by atoms with van der Waals surface area (Å²) in [5, 5.41) is 16.8. The fraction of sp³-hybridized carbons (Fsp3) is 0.500. The fourth-order valence-electron chi connectivity index (χ4n) is 0.656. The van der Waals surface area contributed by atoms with Gasteiger partial charge in [0, 0.05) is 0 Å². The van der Waals surface area contributed by atoms with Gasteiger partial charge in [0.2, 0.25) is 0 Å². The predicted octanol–water partition coefficient (Wildman–Crippen LogP) is -1.56. The van der Waals surface area contributed by atoms with Crippen molar-refractivity contribution in [2.24, 2.45) is 22.4 Å². The van der Waals surface area contributed by atoms with Gasteiger partial charge in [0.25, 0.3) is 0 Å². The van der Waals surface area contributed by atoms with Gasteiger partial charge in [-0.25, -0.2) is 0 Å². The quantitative estimate of drug-likeness (QED) is 0.304. The number of nitrogens with zero attached hydrogens (tertiary/aromatic N) is 1. The fourth-order valence-corrected chi connectivity index (χ4v) is 0.656. The highest BCUT2D eigenvalue weighted by Crippen LogP contribution is 2.03. The highest BCUT2D eigenvalue weighted by atomic mass is 16.4. The molecule has 7 nitrogen and oxygen atoms in total. The summed E-state index contributed by atoms with van der Waals surface area (Å²) in [7, 11) is 0. The Morgan fingerprint density at radius 1 is 1.31 bits per heavy atom. The monoisotopic (exact) mass is 189 g/mol. The molecule has 0 fully saturated rings. The summed E-state index contributed by atoms with van der Waals surface area (Å²) < 4.78 is 0. The molecule has 0 saturated carbocycles. The molecule has 0 aliphatic carbocycles. The number of hydrogen-bond donors (Lipinski definition) is 4. The van der Waals surface area contributed by atoms with E-state index in [2.05, 4.69) is 4.99 Å². The molecular weight excluding hydrogens is 178 g/mol. The van der Waals surface area contributed by atoms with Crippen molar-refractivity contribution in [3.63, 3.8) is 0 Å². The highest BCUT2D eigenvalue weighted by molar-refractivity contribution is 5.79. The van der Waals surface area contributed by atoms with Crippen LogP contribution in [-0.2, 0) is 9.59 Å². The molecule has 0 saturated heterocycles. The Morgan fingerprint density at radius 3 is 2.15 bits per heavy atom.